The average Bonchev–Trinajstić information content (AvgIpc) is 3.13. The molecule has 2 saturated heterocycles. The zero-order valence-electron chi connectivity index (χ0n) is 12.1. The minimum absolute atomic E-state index is 0.0220. The maximum atomic E-state index is 12.4. The lowest BCUT2D eigenvalue weighted by molar-refractivity contribution is 0.0560. The first-order valence-corrected chi connectivity index (χ1v) is 9.94. The number of carbonyl (C=O) groups is 1. The summed E-state index contributed by atoms with van der Waals surface area (Å²) in [6.45, 7) is 1.62. The Morgan fingerprint density at radius 3 is 2.91 bits per heavy atom. The van der Waals surface area contributed by atoms with E-state index in [0.29, 0.717) is 32.6 Å². The molecule has 2 fully saturated rings. The van der Waals surface area contributed by atoms with Crippen molar-refractivity contribution >= 4 is 27.3 Å². The first-order valence-electron chi connectivity index (χ1n) is 7.34. The van der Waals surface area contributed by atoms with E-state index in [1.165, 1.54) is 16.2 Å². The van der Waals surface area contributed by atoms with Crippen molar-refractivity contribution in [3.05, 3.63) is 22.4 Å². The Labute approximate surface area is 133 Å². The van der Waals surface area contributed by atoms with E-state index in [9.17, 15) is 13.2 Å². The van der Waals surface area contributed by atoms with Crippen molar-refractivity contribution in [2.45, 2.75) is 24.2 Å². The van der Waals surface area contributed by atoms with Crippen LogP contribution < -0.4 is 0 Å². The molecule has 0 aromatic carbocycles. The lowest BCUT2D eigenvalue weighted by Gasteiger charge is -2.21. The Morgan fingerprint density at radius 2 is 2.23 bits per heavy atom. The number of hydrogen-bond donors (Lipinski definition) is 0. The summed E-state index contributed by atoms with van der Waals surface area (Å²) >= 11 is 1.45. The number of rotatable bonds is 2. The SMILES string of the molecule is O=C(OC1CCOC1)N1CCC(c2cccs2)S(=O)(=O)CC1. The van der Waals surface area contributed by atoms with Crippen molar-refractivity contribution in [2.75, 3.05) is 32.1 Å². The molecule has 1 aromatic rings. The second-order valence-electron chi connectivity index (χ2n) is 5.52. The number of sulfone groups is 1. The molecule has 0 saturated carbocycles. The second-order valence-corrected chi connectivity index (χ2v) is 8.80. The molecule has 3 rings (SSSR count). The third kappa shape index (κ3) is 3.44. The van der Waals surface area contributed by atoms with Crippen LogP contribution in [0.15, 0.2) is 17.5 Å². The third-order valence-electron chi connectivity index (χ3n) is 4.01. The lowest BCUT2D eigenvalue weighted by Crippen LogP contribution is -2.36. The van der Waals surface area contributed by atoms with Gasteiger partial charge in [0.2, 0.25) is 0 Å². The van der Waals surface area contributed by atoms with E-state index < -0.39 is 21.2 Å². The standard InChI is InChI=1S/C14H19NO5S2/c16-14(20-11-4-7-19-10-11)15-5-3-13(12-2-1-8-21-12)22(17,18)9-6-15/h1-2,8,11,13H,3-7,9-10H2. The summed E-state index contributed by atoms with van der Waals surface area (Å²) in [5.41, 5.74) is 0. The number of hydrogen-bond acceptors (Lipinski definition) is 6. The van der Waals surface area contributed by atoms with E-state index in [0.717, 1.165) is 4.88 Å². The van der Waals surface area contributed by atoms with Crippen LogP contribution in [0.3, 0.4) is 0 Å². The van der Waals surface area contributed by atoms with Crippen LogP contribution in [-0.4, -0.2) is 57.6 Å². The van der Waals surface area contributed by atoms with Crippen LogP contribution in [0.4, 0.5) is 4.79 Å². The fourth-order valence-electron chi connectivity index (χ4n) is 2.74. The van der Waals surface area contributed by atoms with E-state index in [1.54, 1.807) is 0 Å². The molecule has 0 spiro atoms. The van der Waals surface area contributed by atoms with Gasteiger partial charge in [0, 0.05) is 24.4 Å². The number of thiophene rings is 1. The lowest BCUT2D eigenvalue weighted by atomic mass is 10.2. The highest BCUT2D eigenvalue weighted by molar-refractivity contribution is 7.91. The van der Waals surface area contributed by atoms with Crippen LogP contribution in [0.5, 0.6) is 0 Å². The normalized spacial score (nSPS) is 28.3. The summed E-state index contributed by atoms with van der Waals surface area (Å²) in [5, 5.41) is 1.36. The fraction of sp³-hybridized carbons (Fsp3) is 0.643. The fourth-order valence-corrected chi connectivity index (χ4v) is 5.75. The molecule has 2 aliphatic rings. The van der Waals surface area contributed by atoms with Gasteiger partial charge in [0.25, 0.3) is 0 Å². The molecule has 0 N–H and O–H groups in total. The van der Waals surface area contributed by atoms with E-state index in [4.69, 9.17) is 9.47 Å². The predicted molar refractivity (Wildman–Crippen MR) is 82.7 cm³/mol. The van der Waals surface area contributed by atoms with Gasteiger partial charge in [-0.05, 0) is 17.9 Å². The Morgan fingerprint density at radius 1 is 1.36 bits per heavy atom. The molecule has 2 unspecified atom stereocenters. The summed E-state index contributed by atoms with van der Waals surface area (Å²) in [6, 6.07) is 3.70. The summed E-state index contributed by atoms with van der Waals surface area (Å²) in [7, 11) is -3.24. The van der Waals surface area contributed by atoms with Crippen LogP contribution in [0, 0.1) is 0 Å². The van der Waals surface area contributed by atoms with Gasteiger partial charge in [-0.25, -0.2) is 13.2 Å². The third-order valence-corrected chi connectivity index (χ3v) is 7.26. The number of amides is 1. The molecule has 122 valence electrons. The monoisotopic (exact) mass is 345 g/mol. The first-order chi connectivity index (χ1) is 10.6. The van der Waals surface area contributed by atoms with E-state index in [2.05, 4.69) is 0 Å². The van der Waals surface area contributed by atoms with Crippen molar-refractivity contribution in [1.82, 2.24) is 4.90 Å². The topological polar surface area (TPSA) is 72.9 Å². The van der Waals surface area contributed by atoms with Crippen molar-refractivity contribution in [1.29, 1.82) is 0 Å². The van der Waals surface area contributed by atoms with Crippen molar-refractivity contribution in [3.63, 3.8) is 0 Å². The molecule has 1 amide bonds. The van der Waals surface area contributed by atoms with Gasteiger partial charge >= 0.3 is 6.09 Å². The molecular formula is C14H19NO5S2. The maximum Gasteiger partial charge on any atom is 0.410 e. The molecule has 8 heteroatoms. The molecule has 2 aliphatic heterocycles. The van der Waals surface area contributed by atoms with Crippen molar-refractivity contribution in [3.8, 4) is 0 Å². The highest BCUT2D eigenvalue weighted by Crippen LogP contribution is 2.32. The van der Waals surface area contributed by atoms with Crippen LogP contribution in [0.2, 0.25) is 0 Å². The van der Waals surface area contributed by atoms with E-state index in [-0.39, 0.29) is 18.4 Å². The van der Waals surface area contributed by atoms with Crippen LogP contribution >= 0.6 is 11.3 Å². The summed E-state index contributed by atoms with van der Waals surface area (Å²) in [4.78, 5) is 14.5. The summed E-state index contributed by atoms with van der Waals surface area (Å²) in [5.74, 6) is -0.0220. The number of nitrogens with zero attached hydrogens (tertiary/aromatic N) is 1. The van der Waals surface area contributed by atoms with Crippen molar-refractivity contribution < 1.29 is 22.7 Å². The van der Waals surface area contributed by atoms with Gasteiger partial charge in [0.1, 0.15) is 6.10 Å². The first kappa shape index (κ1) is 15.8. The Bertz CT molecular complexity index is 607. The second kappa shape index (κ2) is 6.55. The highest BCUT2D eigenvalue weighted by Gasteiger charge is 2.34. The number of carbonyl (C=O) groups excluding carboxylic acids is 1. The Balaban J connectivity index is 1.66. The zero-order chi connectivity index (χ0) is 15.6. The van der Waals surface area contributed by atoms with E-state index >= 15 is 0 Å². The van der Waals surface area contributed by atoms with Gasteiger partial charge in [-0.2, -0.15) is 0 Å². The molecule has 0 radical (unpaired) electrons. The highest BCUT2D eigenvalue weighted by atomic mass is 32.2. The molecule has 0 aliphatic carbocycles. The average molecular weight is 345 g/mol. The number of ether oxygens (including phenoxy) is 2. The maximum absolute atomic E-state index is 12.4. The van der Waals surface area contributed by atoms with Crippen LogP contribution in [0.1, 0.15) is 23.0 Å². The van der Waals surface area contributed by atoms with Gasteiger partial charge in [-0.15, -0.1) is 11.3 Å². The summed E-state index contributed by atoms with van der Waals surface area (Å²) < 4.78 is 35.4. The smallest absolute Gasteiger partial charge is 0.410 e. The quantitative estimate of drug-likeness (QED) is 0.818. The Kier molecular flexibility index (Phi) is 4.70. The van der Waals surface area contributed by atoms with Gasteiger partial charge in [-0.3, -0.25) is 0 Å². The van der Waals surface area contributed by atoms with Gasteiger partial charge < -0.3 is 14.4 Å². The van der Waals surface area contributed by atoms with Gasteiger partial charge in [0.05, 0.1) is 24.2 Å². The predicted octanol–water partition coefficient (Wildman–Crippen LogP) is 1.84. The minimum Gasteiger partial charge on any atom is -0.444 e. The van der Waals surface area contributed by atoms with Gasteiger partial charge in [0.15, 0.2) is 9.84 Å². The molecule has 22 heavy (non-hydrogen) atoms. The molecule has 1 aromatic heterocycles. The molecule has 0 bridgehead atoms. The van der Waals surface area contributed by atoms with Crippen LogP contribution in [0.25, 0.3) is 0 Å². The van der Waals surface area contributed by atoms with Crippen molar-refractivity contribution in [2.24, 2.45) is 0 Å². The van der Waals surface area contributed by atoms with Crippen LogP contribution in [-0.2, 0) is 19.3 Å². The zero-order valence-corrected chi connectivity index (χ0v) is 13.8. The van der Waals surface area contributed by atoms with Gasteiger partial charge in [-0.1, -0.05) is 6.07 Å². The Hall–Kier alpha value is -1.12. The molecule has 2 atom stereocenters. The largest absolute Gasteiger partial charge is 0.444 e. The minimum atomic E-state index is -3.24. The van der Waals surface area contributed by atoms with E-state index in [1.807, 2.05) is 17.5 Å². The summed E-state index contributed by atoms with van der Waals surface area (Å²) in [6.07, 6.45) is 0.479. The molecule has 3 heterocycles. The molecular weight excluding hydrogens is 326 g/mol. The molecule has 6 nitrogen and oxygen atoms in total.